The summed E-state index contributed by atoms with van der Waals surface area (Å²) in [5, 5.41) is 11.3. The molecule has 9 nitrogen and oxygen atoms in total. The molecule has 0 bridgehead atoms. The van der Waals surface area contributed by atoms with Gasteiger partial charge in [0, 0.05) is 51.1 Å². The van der Waals surface area contributed by atoms with Gasteiger partial charge in [0.25, 0.3) is 10.0 Å². The van der Waals surface area contributed by atoms with E-state index in [1.807, 2.05) is 12.1 Å². The molecule has 1 aliphatic rings. The molecule has 1 N–H and O–H groups in total. The number of hydrogen-bond donors (Lipinski definition) is 1. The van der Waals surface area contributed by atoms with Gasteiger partial charge in [0.1, 0.15) is 4.21 Å². The Morgan fingerprint density at radius 2 is 1.80 bits per heavy atom. The van der Waals surface area contributed by atoms with Crippen LogP contribution in [0.25, 0.3) is 0 Å². The van der Waals surface area contributed by atoms with Gasteiger partial charge in [-0.05, 0) is 38.1 Å². The fourth-order valence-corrected chi connectivity index (χ4v) is 6.16. The third kappa shape index (κ3) is 5.08. The van der Waals surface area contributed by atoms with Crippen molar-refractivity contribution >= 4 is 38.9 Å². The summed E-state index contributed by atoms with van der Waals surface area (Å²) in [5.41, 5.74) is 0. The highest BCUT2D eigenvalue weighted by Gasteiger charge is 2.30. The van der Waals surface area contributed by atoms with Crippen molar-refractivity contribution in [1.82, 2.24) is 19.8 Å². The number of nitrogens with one attached hydrogen (secondary N) is 1. The van der Waals surface area contributed by atoms with Crippen LogP contribution in [0.4, 0.5) is 11.6 Å². The summed E-state index contributed by atoms with van der Waals surface area (Å²) in [6, 6.07) is 7.26. The van der Waals surface area contributed by atoms with Crippen molar-refractivity contribution in [3.05, 3.63) is 29.1 Å². The van der Waals surface area contributed by atoms with E-state index < -0.39 is 10.0 Å². The number of nitrogens with zero attached hydrogens (tertiary/aromatic N) is 5. The molecule has 3 rings (SSSR count). The highest BCUT2D eigenvalue weighted by Crippen LogP contribution is 2.26. The lowest BCUT2D eigenvalue weighted by molar-refractivity contribution is -0.119. The van der Waals surface area contributed by atoms with Crippen molar-refractivity contribution in [2.45, 2.75) is 31.5 Å². The maximum absolute atomic E-state index is 13.0. The molecule has 3 heterocycles. The molecular formula is C19H28N6O3S2. The van der Waals surface area contributed by atoms with Gasteiger partial charge in [-0.3, -0.25) is 4.79 Å². The first kappa shape index (κ1) is 22.4. The lowest BCUT2D eigenvalue weighted by atomic mass is 10.3. The summed E-state index contributed by atoms with van der Waals surface area (Å²) in [6.45, 7) is 9.57. The normalized spacial score (nSPS) is 15.2. The lowest BCUT2D eigenvalue weighted by Gasteiger charge is -2.34. The average Bonchev–Trinajstić information content (AvgIpc) is 3.24. The molecule has 1 aliphatic heterocycles. The van der Waals surface area contributed by atoms with Crippen molar-refractivity contribution in [2.24, 2.45) is 0 Å². The topological polar surface area (TPSA) is 98.7 Å². The van der Waals surface area contributed by atoms with E-state index in [2.05, 4.69) is 39.2 Å². The first-order valence-electron chi connectivity index (χ1n) is 10.0. The van der Waals surface area contributed by atoms with Gasteiger partial charge >= 0.3 is 0 Å². The maximum Gasteiger partial charge on any atom is 0.252 e. The molecular weight excluding hydrogens is 424 g/mol. The van der Waals surface area contributed by atoms with Gasteiger partial charge in [0.05, 0.1) is 6.54 Å². The van der Waals surface area contributed by atoms with Crippen LogP contribution in [0, 0.1) is 0 Å². The van der Waals surface area contributed by atoms with E-state index in [1.54, 1.807) is 12.1 Å². The Bertz CT molecular complexity index is 949. The van der Waals surface area contributed by atoms with Crippen LogP contribution in [0.15, 0.2) is 28.5 Å². The second-order valence-electron chi connectivity index (χ2n) is 6.94. The van der Waals surface area contributed by atoms with Crippen molar-refractivity contribution in [1.29, 1.82) is 0 Å². The summed E-state index contributed by atoms with van der Waals surface area (Å²) in [4.78, 5) is 16.0. The summed E-state index contributed by atoms with van der Waals surface area (Å²) in [6.07, 6.45) is 0. The molecule has 2 aromatic rings. The van der Waals surface area contributed by atoms with Crippen LogP contribution in [-0.4, -0.2) is 68.1 Å². The fourth-order valence-electron chi connectivity index (χ4n) is 3.29. The predicted molar refractivity (Wildman–Crippen MR) is 118 cm³/mol. The Labute approximate surface area is 181 Å². The summed E-state index contributed by atoms with van der Waals surface area (Å²) >= 11 is 1.20. The molecule has 2 aromatic heterocycles. The van der Waals surface area contributed by atoms with Crippen LogP contribution < -0.4 is 15.1 Å². The summed E-state index contributed by atoms with van der Waals surface area (Å²) in [5.74, 6) is 1.46. The second kappa shape index (κ2) is 9.71. The largest absolute Gasteiger partial charge is 0.356 e. The molecule has 1 fully saturated rings. The third-order valence-electron chi connectivity index (χ3n) is 5.03. The Hall–Kier alpha value is -2.24. The number of aromatic nitrogens is 2. The van der Waals surface area contributed by atoms with Crippen LogP contribution in [0.2, 0.25) is 0 Å². The van der Waals surface area contributed by atoms with E-state index in [9.17, 15) is 13.2 Å². The number of rotatable bonds is 8. The highest BCUT2D eigenvalue weighted by molar-refractivity contribution is 7.91. The van der Waals surface area contributed by atoms with Gasteiger partial charge < -0.3 is 15.1 Å². The minimum Gasteiger partial charge on any atom is -0.356 e. The number of amides is 1. The molecule has 0 atom stereocenters. The maximum atomic E-state index is 13.0. The van der Waals surface area contributed by atoms with Crippen molar-refractivity contribution in [3.8, 4) is 0 Å². The van der Waals surface area contributed by atoms with E-state index in [-0.39, 0.29) is 5.91 Å². The van der Waals surface area contributed by atoms with Crippen LogP contribution >= 0.6 is 11.3 Å². The Balaban J connectivity index is 1.61. The number of hydrogen-bond acceptors (Lipinski definition) is 8. The molecule has 30 heavy (non-hydrogen) atoms. The monoisotopic (exact) mass is 452 g/mol. The van der Waals surface area contributed by atoms with E-state index in [1.165, 1.54) is 22.6 Å². The minimum atomic E-state index is -3.54. The van der Waals surface area contributed by atoms with Gasteiger partial charge in [-0.1, -0.05) is 0 Å². The van der Waals surface area contributed by atoms with Gasteiger partial charge in [-0.25, -0.2) is 8.42 Å². The van der Waals surface area contributed by atoms with E-state index in [0.717, 1.165) is 29.6 Å². The van der Waals surface area contributed by atoms with Crippen LogP contribution in [0.3, 0.4) is 0 Å². The smallest absolute Gasteiger partial charge is 0.252 e. The third-order valence-corrected chi connectivity index (χ3v) is 8.48. The molecule has 0 saturated carbocycles. The van der Waals surface area contributed by atoms with Crippen molar-refractivity contribution in [2.75, 3.05) is 49.1 Å². The van der Waals surface area contributed by atoms with Crippen molar-refractivity contribution < 1.29 is 13.2 Å². The molecule has 0 unspecified atom stereocenters. The molecule has 0 aliphatic carbocycles. The van der Waals surface area contributed by atoms with E-state index >= 15 is 0 Å². The van der Waals surface area contributed by atoms with Crippen molar-refractivity contribution in [3.63, 3.8) is 0 Å². The number of sulfonamides is 1. The molecule has 1 amide bonds. The van der Waals surface area contributed by atoms with Gasteiger partial charge in [0.2, 0.25) is 5.91 Å². The van der Waals surface area contributed by atoms with Crippen LogP contribution in [-0.2, 0) is 21.4 Å². The summed E-state index contributed by atoms with van der Waals surface area (Å²) < 4.78 is 27.7. The quantitative estimate of drug-likeness (QED) is 0.648. The summed E-state index contributed by atoms with van der Waals surface area (Å²) in [7, 11) is -3.54. The highest BCUT2D eigenvalue weighted by atomic mass is 32.2. The van der Waals surface area contributed by atoms with Crippen LogP contribution in [0.5, 0.6) is 0 Å². The van der Waals surface area contributed by atoms with E-state index in [4.69, 9.17) is 0 Å². The Kier molecular flexibility index (Phi) is 7.27. The average molecular weight is 453 g/mol. The van der Waals surface area contributed by atoms with Crippen LogP contribution in [0.1, 0.15) is 25.6 Å². The fraction of sp³-hybridized carbons (Fsp3) is 0.526. The number of anilines is 2. The first-order chi connectivity index (χ1) is 14.3. The van der Waals surface area contributed by atoms with Gasteiger partial charge in [-0.2, -0.15) is 4.31 Å². The minimum absolute atomic E-state index is 0.142. The Morgan fingerprint density at radius 3 is 2.37 bits per heavy atom. The number of carbonyl (C=O) groups is 1. The SMILES string of the molecule is CCN(CC)c1ccc(N2CCN(S(=O)(=O)c3ccc(CNC(C)=O)s3)CC2)nn1. The number of carbonyl (C=O) groups excluding carboxylic acids is 1. The lowest BCUT2D eigenvalue weighted by Crippen LogP contribution is -2.48. The predicted octanol–water partition coefficient (Wildman–Crippen LogP) is 1.53. The molecule has 0 spiro atoms. The number of piperazine rings is 1. The van der Waals surface area contributed by atoms with Gasteiger partial charge in [0.15, 0.2) is 11.6 Å². The zero-order valence-corrected chi connectivity index (χ0v) is 19.2. The Morgan fingerprint density at radius 1 is 1.10 bits per heavy atom. The molecule has 164 valence electrons. The molecule has 11 heteroatoms. The van der Waals surface area contributed by atoms with E-state index in [0.29, 0.717) is 36.9 Å². The molecule has 0 aromatic carbocycles. The second-order valence-corrected chi connectivity index (χ2v) is 10.3. The number of thiophene rings is 1. The standard InChI is InChI=1S/C19H28N6O3S2/c1-4-23(5-2)17-7-8-18(22-21-17)24-10-12-25(13-11-24)30(27,28)19-9-6-16(29-19)14-20-15(3)26/h6-9H,4-5,10-14H2,1-3H3,(H,20,26). The zero-order chi connectivity index (χ0) is 21.7. The van der Waals surface area contributed by atoms with Gasteiger partial charge in [-0.15, -0.1) is 21.5 Å². The zero-order valence-electron chi connectivity index (χ0n) is 17.5. The first-order valence-corrected chi connectivity index (χ1v) is 12.3. The molecule has 1 saturated heterocycles. The molecule has 0 radical (unpaired) electrons.